The number of hydrogen-bond donors (Lipinski definition) is 0. The highest BCUT2D eigenvalue weighted by Crippen LogP contribution is 2.24. The van der Waals surface area contributed by atoms with Crippen molar-refractivity contribution < 1.29 is 18.0 Å². The molecule has 138 valence electrons. The average molecular weight is 375 g/mol. The minimum Gasteiger partial charge on any atom is -0.333 e. The minimum absolute atomic E-state index is 0.0687. The topological polar surface area (TPSA) is 87.1 Å². The quantitative estimate of drug-likeness (QED) is 0.763. The smallest absolute Gasteiger partial charge is 0.270 e. The van der Waals surface area contributed by atoms with Gasteiger partial charge in [-0.3, -0.25) is 9.59 Å². The molecule has 3 aliphatic heterocycles. The summed E-state index contributed by atoms with van der Waals surface area (Å²) in [7, 11) is -3.12. The monoisotopic (exact) mass is 375 g/mol. The SMILES string of the molecule is O=C(C1=NN([C@@H]2CCS(=O)(=O)C2)C(=O)CC1)N1CCc2ccccc2C1. The molecule has 1 aromatic carbocycles. The van der Waals surface area contributed by atoms with Gasteiger partial charge in [0.25, 0.3) is 5.91 Å². The number of carbonyl (C=O) groups excluding carboxylic acids is 2. The molecule has 1 saturated heterocycles. The van der Waals surface area contributed by atoms with Gasteiger partial charge in [0.05, 0.1) is 17.5 Å². The first-order valence-corrected chi connectivity index (χ1v) is 10.7. The molecule has 0 spiro atoms. The van der Waals surface area contributed by atoms with E-state index in [-0.39, 0.29) is 29.7 Å². The van der Waals surface area contributed by atoms with Crippen LogP contribution in [0, 0.1) is 0 Å². The average Bonchev–Trinajstić information content (AvgIpc) is 3.01. The maximum absolute atomic E-state index is 12.9. The van der Waals surface area contributed by atoms with Crippen molar-refractivity contribution in [1.82, 2.24) is 9.91 Å². The summed E-state index contributed by atoms with van der Waals surface area (Å²) in [6, 6.07) is 7.62. The van der Waals surface area contributed by atoms with Crippen LogP contribution >= 0.6 is 0 Å². The Labute approximate surface area is 152 Å². The Morgan fingerprint density at radius 3 is 2.62 bits per heavy atom. The van der Waals surface area contributed by atoms with Gasteiger partial charge in [-0.25, -0.2) is 13.4 Å². The number of carbonyl (C=O) groups is 2. The lowest BCUT2D eigenvalue weighted by atomic mass is 9.99. The summed E-state index contributed by atoms with van der Waals surface area (Å²) >= 11 is 0. The van der Waals surface area contributed by atoms with E-state index in [1.54, 1.807) is 4.90 Å². The van der Waals surface area contributed by atoms with E-state index in [4.69, 9.17) is 0 Å². The van der Waals surface area contributed by atoms with Crippen LogP contribution in [0.2, 0.25) is 0 Å². The van der Waals surface area contributed by atoms with Gasteiger partial charge in [-0.15, -0.1) is 0 Å². The Morgan fingerprint density at radius 2 is 1.88 bits per heavy atom. The van der Waals surface area contributed by atoms with Gasteiger partial charge in [0, 0.05) is 25.9 Å². The number of hydrazone groups is 1. The van der Waals surface area contributed by atoms with Crippen molar-refractivity contribution in [2.24, 2.45) is 5.10 Å². The predicted molar refractivity (Wildman–Crippen MR) is 96.1 cm³/mol. The van der Waals surface area contributed by atoms with Crippen molar-refractivity contribution in [1.29, 1.82) is 0 Å². The first kappa shape index (κ1) is 17.2. The molecule has 0 saturated carbocycles. The highest BCUT2D eigenvalue weighted by molar-refractivity contribution is 7.91. The van der Waals surface area contributed by atoms with E-state index in [0.717, 1.165) is 12.0 Å². The molecular weight excluding hydrogens is 354 g/mol. The fourth-order valence-corrected chi connectivity index (χ4v) is 5.52. The largest absolute Gasteiger partial charge is 0.333 e. The van der Waals surface area contributed by atoms with E-state index in [1.165, 1.54) is 10.6 Å². The molecule has 0 bridgehead atoms. The molecule has 2 amide bonds. The summed E-state index contributed by atoms with van der Waals surface area (Å²) in [6.45, 7) is 1.17. The van der Waals surface area contributed by atoms with Crippen LogP contribution in [0.15, 0.2) is 29.4 Å². The lowest BCUT2D eigenvalue weighted by Crippen LogP contribution is -2.46. The van der Waals surface area contributed by atoms with Crippen molar-refractivity contribution in [2.75, 3.05) is 18.1 Å². The van der Waals surface area contributed by atoms with Crippen LogP contribution in [-0.4, -0.2) is 59.9 Å². The molecule has 3 aliphatic rings. The maximum atomic E-state index is 12.9. The predicted octanol–water partition coefficient (Wildman–Crippen LogP) is 0.737. The Balaban J connectivity index is 1.52. The van der Waals surface area contributed by atoms with E-state index in [1.807, 2.05) is 18.2 Å². The zero-order valence-electron chi connectivity index (χ0n) is 14.4. The number of rotatable bonds is 2. The van der Waals surface area contributed by atoms with E-state index in [9.17, 15) is 18.0 Å². The van der Waals surface area contributed by atoms with Crippen molar-refractivity contribution in [3.8, 4) is 0 Å². The van der Waals surface area contributed by atoms with E-state index >= 15 is 0 Å². The summed E-state index contributed by atoms with van der Waals surface area (Å²) in [5, 5.41) is 5.54. The van der Waals surface area contributed by atoms with Crippen LogP contribution in [0.4, 0.5) is 0 Å². The molecule has 0 aliphatic carbocycles. The normalized spacial score (nSPS) is 25.0. The number of hydrogen-bond acceptors (Lipinski definition) is 5. The van der Waals surface area contributed by atoms with Gasteiger partial charge in [0.1, 0.15) is 5.71 Å². The maximum Gasteiger partial charge on any atom is 0.270 e. The van der Waals surface area contributed by atoms with Gasteiger partial charge < -0.3 is 4.90 Å². The lowest BCUT2D eigenvalue weighted by molar-refractivity contribution is -0.134. The van der Waals surface area contributed by atoms with Crippen LogP contribution in [0.1, 0.15) is 30.4 Å². The third kappa shape index (κ3) is 3.25. The second-order valence-electron chi connectivity index (χ2n) is 7.09. The molecule has 26 heavy (non-hydrogen) atoms. The molecule has 3 heterocycles. The summed E-state index contributed by atoms with van der Waals surface area (Å²) < 4.78 is 23.4. The Kier molecular flexibility index (Phi) is 4.30. The van der Waals surface area contributed by atoms with Crippen molar-refractivity contribution in [3.63, 3.8) is 0 Å². The molecule has 1 fully saturated rings. The van der Waals surface area contributed by atoms with Crippen LogP contribution in [0.3, 0.4) is 0 Å². The molecule has 1 aromatic rings. The summed E-state index contributed by atoms with van der Waals surface area (Å²) in [5.41, 5.74) is 2.75. The standard InChI is InChI=1S/C18H21N3O4S/c22-17-6-5-16(19-21(17)15-8-10-26(24,25)12-15)18(23)20-9-7-13-3-1-2-4-14(13)11-20/h1-4,15H,5-12H2/t15-/m1/s1. The van der Waals surface area contributed by atoms with Gasteiger partial charge in [-0.05, 0) is 24.0 Å². The number of amides is 2. The number of benzene rings is 1. The molecule has 8 heteroatoms. The molecule has 1 atom stereocenters. The number of sulfone groups is 1. The van der Waals surface area contributed by atoms with Gasteiger partial charge in [-0.2, -0.15) is 5.10 Å². The third-order valence-electron chi connectivity index (χ3n) is 5.28. The zero-order chi connectivity index (χ0) is 18.3. The van der Waals surface area contributed by atoms with Gasteiger partial charge in [-0.1, -0.05) is 24.3 Å². The third-order valence-corrected chi connectivity index (χ3v) is 7.03. The fourth-order valence-electron chi connectivity index (χ4n) is 3.83. The van der Waals surface area contributed by atoms with Crippen molar-refractivity contribution in [2.45, 2.75) is 38.3 Å². The molecular formula is C18H21N3O4S. The summed E-state index contributed by atoms with van der Waals surface area (Å²) in [5.74, 6) is -0.352. The number of nitrogens with zero attached hydrogens (tertiary/aromatic N) is 3. The molecule has 0 N–H and O–H groups in total. The van der Waals surface area contributed by atoms with Crippen molar-refractivity contribution in [3.05, 3.63) is 35.4 Å². The van der Waals surface area contributed by atoms with E-state index in [2.05, 4.69) is 11.2 Å². The first-order chi connectivity index (χ1) is 12.4. The second kappa shape index (κ2) is 6.50. The summed E-state index contributed by atoms with van der Waals surface area (Å²) in [6.07, 6.45) is 1.70. The molecule has 0 unspecified atom stereocenters. The zero-order valence-corrected chi connectivity index (χ0v) is 15.2. The van der Waals surface area contributed by atoms with Crippen LogP contribution in [0.25, 0.3) is 0 Å². The van der Waals surface area contributed by atoms with Crippen LogP contribution < -0.4 is 0 Å². The highest BCUT2D eigenvalue weighted by Gasteiger charge is 2.38. The summed E-state index contributed by atoms with van der Waals surface area (Å²) in [4.78, 5) is 26.9. The molecule has 0 aromatic heterocycles. The van der Waals surface area contributed by atoms with Crippen molar-refractivity contribution >= 4 is 27.4 Å². The Hall–Kier alpha value is -2.22. The first-order valence-electron chi connectivity index (χ1n) is 8.89. The van der Waals surface area contributed by atoms with Gasteiger partial charge >= 0.3 is 0 Å². The van der Waals surface area contributed by atoms with Crippen LogP contribution in [-0.2, 0) is 32.4 Å². The Bertz CT molecular complexity index is 893. The number of fused-ring (bicyclic) bond motifs is 1. The van der Waals surface area contributed by atoms with E-state index < -0.39 is 15.9 Å². The molecule has 0 radical (unpaired) electrons. The van der Waals surface area contributed by atoms with Crippen LogP contribution in [0.5, 0.6) is 0 Å². The minimum atomic E-state index is -3.12. The molecule has 7 nitrogen and oxygen atoms in total. The second-order valence-corrected chi connectivity index (χ2v) is 9.32. The van der Waals surface area contributed by atoms with E-state index in [0.29, 0.717) is 31.6 Å². The lowest BCUT2D eigenvalue weighted by Gasteiger charge is -2.32. The van der Waals surface area contributed by atoms with Gasteiger partial charge in [0.15, 0.2) is 9.84 Å². The Morgan fingerprint density at radius 1 is 1.12 bits per heavy atom. The molecule has 4 rings (SSSR count). The highest BCUT2D eigenvalue weighted by atomic mass is 32.2. The fraction of sp³-hybridized carbons (Fsp3) is 0.500. The van der Waals surface area contributed by atoms with Gasteiger partial charge in [0.2, 0.25) is 5.91 Å².